The molecule has 150 valence electrons. The maximum absolute atomic E-state index is 12.7. The molecule has 0 aromatic heterocycles. The van der Waals surface area contributed by atoms with Gasteiger partial charge in [-0.1, -0.05) is 11.6 Å². The fourth-order valence-corrected chi connectivity index (χ4v) is 8.59. The van der Waals surface area contributed by atoms with Gasteiger partial charge in [0.25, 0.3) is 0 Å². The van der Waals surface area contributed by atoms with Gasteiger partial charge in [0.15, 0.2) is 9.84 Å². The van der Waals surface area contributed by atoms with Crippen LogP contribution in [0.25, 0.3) is 0 Å². The quantitative estimate of drug-likeness (QED) is 0.708. The van der Waals surface area contributed by atoms with Crippen LogP contribution >= 0.6 is 23.4 Å². The molecule has 1 amide bonds. The summed E-state index contributed by atoms with van der Waals surface area (Å²) in [5.74, 6) is 0.0682. The van der Waals surface area contributed by atoms with Gasteiger partial charge in [0, 0.05) is 24.0 Å². The first kappa shape index (κ1) is 20.9. The van der Waals surface area contributed by atoms with Gasteiger partial charge in [-0.2, -0.15) is 4.31 Å². The Labute approximate surface area is 168 Å². The molecule has 1 atom stereocenters. The molecular weight excluding hydrogens is 432 g/mol. The monoisotopic (exact) mass is 452 g/mol. The Bertz CT molecular complexity index is 927. The molecule has 0 aliphatic carbocycles. The number of hydrogen-bond acceptors (Lipinski definition) is 6. The molecule has 1 aromatic carbocycles. The lowest BCUT2D eigenvalue weighted by Gasteiger charge is -2.17. The van der Waals surface area contributed by atoms with E-state index in [0.29, 0.717) is 25.2 Å². The van der Waals surface area contributed by atoms with Crippen LogP contribution in [-0.2, 0) is 24.7 Å². The number of carbonyl (C=O) groups is 1. The number of benzene rings is 1. The molecule has 1 aromatic rings. The lowest BCUT2D eigenvalue weighted by molar-refractivity contribution is -0.113. The SMILES string of the molecule is O=C(CSC1CCS(=O)(=O)C1)Nc1ccc(Cl)c(S(=O)(=O)N2CCCC2)c1. The summed E-state index contributed by atoms with van der Waals surface area (Å²) in [5.41, 5.74) is 0.349. The van der Waals surface area contributed by atoms with Crippen molar-refractivity contribution in [1.29, 1.82) is 0 Å². The van der Waals surface area contributed by atoms with E-state index < -0.39 is 19.9 Å². The van der Waals surface area contributed by atoms with Gasteiger partial charge in [0.1, 0.15) is 4.90 Å². The number of amides is 1. The fraction of sp³-hybridized carbons (Fsp3) is 0.562. The van der Waals surface area contributed by atoms with Crippen molar-refractivity contribution in [3.05, 3.63) is 23.2 Å². The van der Waals surface area contributed by atoms with Crippen molar-refractivity contribution in [2.24, 2.45) is 0 Å². The Balaban J connectivity index is 1.64. The lowest BCUT2D eigenvalue weighted by atomic mass is 10.3. The van der Waals surface area contributed by atoms with E-state index in [1.807, 2.05) is 0 Å². The summed E-state index contributed by atoms with van der Waals surface area (Å²) in [6.07, 6.45) is 2.20. The summed E-state index contributed by atoms with van der Waals surface area (Å²) in [7, 11) is -6.66. The van der Waals surface area contributed by atoms with Gasteiger partial charge in [-0.15, -0.1) is 11.8 Å². The van der Waals surface area contributed by atoms with Crippen LogP contribution in [0, 0.1) is 0 Å². The van der Waals surface area contributed by atoms with Crippen LogP contribution in [0.5, 0.6) is 0 Å². The van der Waals surface area contributed by atoms with Crippen LogP contribution in [0.1, 0.15) is 19.3 Å². The van der Waals surface area contributed by atoms with Crippen LogP contribution in [0.15, 0.2) is 23.1 Å². The second kappa shape index (κ2) is 8.28. The van der Waals surface area contributed by atoms with Crippen molar-refractivity contribution in [2.75, 3.05) is 35.7 Å². The zero-order valence-electron chi connectivity index (χ0n) is 14.6. The summed E-state index contributed by atoms with van der Waals surface area (Å²) < 4.78 is 49.8. The summed E-state index contributed by atoms with van der Waals surface area (Å²) >= 11 is 7.39. The van der Waals surface area contributed by atoms with E-state index in [1.165, 1.54) is 28.2 Å². The molecular formula is C16H21ClN2O5S3. The van der Waals surface area contributed by atoms with Crippen LogP contribution in [0.2, 0.25) is 5.02 Å². The molecule has 7 nitrogen and oxygen atoms in total. The third kappa shape index (κ3) is 5.17. The van der Waals surface area contributed by atoms with Crippen molar-refractivity contribution in [2.45, 2.75) is 29.4 Å². The molecule has 11 heteroatoms. The predicted molar refractivity (Wildman–Crippen MR) is 108 cm³/mol. The van der Waals surface area contributed by atoms with Gasteiger partial charge in [-0.3, -0.25) is 4.79 Å². The standard InChI is InChI=1S/C16H21ClN2O5S3/c17-14-4-3-12(9-15(14)27(23,24)19-6-1-2-7-19)18-16(20)10-25-13-5-8-26(21,22)11-13/h3-4,9,13H,1-2,5-8,10-11H2,(H,18,20). The molecule has 1 unspecified atom stereocenters. The Morgan fingerprint density at radius 2 is 2.00 bits per heavy atom. The Morgan fingerprint density at radius 1 is 1.30 bits per heavy atom. The number of halogens is 1. The van der Waals surface area contributed by atoms with E-state index in [-0.39, 0.29) is 38.3 Å². The molecule has 2 fully saturated rings. The van der Waals surface area contributed by atoms with Crippen LogP contribution in [0.4, 0.5) is 5.69 Å². The van der Waals surface area contributed by atoms with Crippen molar-refractivity contribution in [3.8, 4) is 0 Å². The molecule has 3 rings (SSSR count). The average Bonchev–Trinajstić information content (AvgIpc) is 3.24. The third-order valence-corrected chi connectivity index (χ3v) is 10.2. The number of rotatable bonds is 6. The predicted octanol–water partition coefficient (Wildman–Crippen LogP) is 1.98. The van der Waals surface area contributed by atoms with Gasteiger partial charge >= 0.3 is 0 Å². The highest BCUT2D eigenvalue weighted by Crippen LogP contribution is 2.30. The van der Waals surface area contributed by atoms with Crippen molar-refractivity contribution >= 4 is 54.8 Å². The number of thioether (sulfide) groups is 1. The number of carbonyl (C=O) groups excluding carboxylic acids is 1. The zero-order valence-corrected chi connectivity index (χ0v) is 17.8. The molecule has 0 saturated carbocycles. The average molecular weight is 453 g/mol. The molecule has 2 saturated heterocycles. The van der Waals surface area contributed by atoms with E-state index in [2.05, 4.69) is 5.32 Å². The highest BCUT2D eigenvalue weighted by Gasteiger charge is 2.30. The molecule has 1 N–H and O–H groups in total. The molecule has 2 aliphatic heterocycles. The van der Waals surface area contributed by atoms with E-state index in [4.69, 9.17) is 11.6 Å². The van der Waals surface area contributed by atoms with E-state index in [9.17, 15) is 21.6 Å². The zero-order chi connectivity index (χ0) is 19.7. The number of anilines is 1. The molecule has 0 bridgehead atoms. The number of nitrogens with one attached hydrogen (secondary N) is 1. The number of sulfone groups is 1. The van der Waals surface area contributed by atoms with Crippen molar-refractivity contribution in [1.82, 2.24) is 4.31 Å². The van der Waals surface area contributed by atoms with Gasteiger partial charge in [-0.25, -0.2) is 16.8 Å². The molecule has 2 heterocycles. The summed E-state index contributed by atoms with van der Waals surface area (Å²) in [5, 5.41) is 2.71. The minimum Gasteiger partial charge on any atom is -0.325 e. The second-order valence-electron chi connectivity index (χ2n) is 6.64. The van der Waals surface area contributed by atoms with Crippen molar-refractivity contribution in [3.63, 3.8) is 0 Å². The van der Waals surface area contributed by atoms with Crippen LogP contribution in [-0.4, -0.2) is 62.6 Å². The third-order valence-electron chi connectivity index (χ3n) is 4.54. The fourth-order valence-electron chi connectivity index (χ4n) is 3.13. The normalized spacial score (nSPS) is 22.8. The van der Waals surface area contributed by atoms with Crippen LogP contribution < -0.4 is 5.32 Å². The van der Waals surface area contributed by atoms with Gasteiger partial charge in [0.05, 0.1) is 22.3 Å². The maximum atomic E-state index is 12.7. The van der Waals surface area contributed by atoms with Gasteiger partial charge in [0.2, 0.25) is 15.9 Å². The van der Waals surface area contributed by atoms with Crippen LogP contribution in [0.3, 0.4) is 0 Å². The summed E-state index contributed by atoms with van der Waals surface area (Å²) in [4.78, 5) is 12.1. The first-order chi connectivity index (χ1) is 12.7. The minimum absolute atomic E-state index is 0.0154. The first-order valence-electron chi connectivity index (χ1n) is 8.59. The Morgan fingerprint density at radius 3 is 2.63 bits per heavy atom. The number of nitrogens with zero attached hydrogens (tertiary/aromatic N) is 1. The van der Waals surface area contributed by atoms with Gasteiger partial charge in [-0.05, 0) is 37.5 Å². The van der Waals surface area contributed by atoms with Crippen molar-refractivity contribution < 1.29 is 21.6 Å². The van der Waals surface area contributed by atoms with Gasteiger partial charge < -0.3 is 5.32 Å². The largest absolute Gasteiger partial charge is 0.325 e. The summed E-state index contributed by atoms with van der Waals surface area (Å²) in [6.45, 7) is 0.937. The smallest absolute Gasteiger partial charge is 0.244 e. The van der Waals surface area contributed by atoms with E-state index >= 15 is 0 Å². The maximum Gasteiger partial charge on any atom is 0.244 e. The van der Waals surface area contributed by atoms with E-state index in [1.54, 1.807) is 6.07 Å². The molecule has 27 heavy (non-hydrogen) atoms. The Kier molecular flexibility index (Phi) is 6.41. The highest BCUT2D eigenvalue weighted by molar-refractivity contribution is 8.02. The molecule has 2 aliphatic rings. The van der Waals surface area contributed by atoms with E-state index in [0.717, 1.165) is 12.8 Å². The Hall–Kier alpha value is -0.810. The highest BCUT2D eigenvalue weighted by atomic mass is 35.5. The minimum atomic E-state index is -3.69. The molecule has 0 spiro atoms. The number of sulfonamides is 1. The number of hydrogen-bond donors (Lipinski definition) is 1. The second-order valence-corrected chi connectivity index (χ2v) is 12.5. The lowest BCUT2D eigenvalue weighted by Crippen LogP contribution is -2.28. The molecule has 0 radical (unpaired) electrons. The first-order valence-corrected chi connectivity index (χ1v) is 13.3. The topological polar surface area (TPSA) is 101 Å². The summed E-state index contributed by atoms with van der Waals surface area (Å²) in [6, 6.07) is 4.38.